The Morgan fingerprint density at radius 2 is 1.67 bits per heavy atom. The van der Waals surface area contributed by atoms with Crippen molar-refractivity contribution < 1.29 is 0 Å². The Kier molecular flexibility index (Phi) is 2.29. The van der Waals surface area contributed by atoms with Crippen molar-refractivity contribution in [3.05, 3.63) is 33.8 Å². The van der Waals surface area contributed by atoms with Gasteiger partial charge in [-0.05, 0) is 48.9 Å². The minimum atomic E-state index is 0.748. The lowest BCUT2D eigenvalue weighted by Crippen LogP contribution is -1.86. The minimum absolute atomic E-state index is 0.748. The molecule has 0 bridgehead atoms. The topological polar surface area (TPSA) is 0 Å². The highest BCUT2D eigenvalue weighted by Crippen LogP contribution is 2.33. The Morgan fingerprint density at radius 1 is 1.08 bits per heavy atom. The van der Waals surface area contributed by atoms with Crippen molar-refractivity contribution >= 4 is 23.2 Å². The third kappa shape index (κ3) is 2.15. The van der Waals surface area contributed by atoms with E-state index in [1.807, 2.05) is 12.1 Å². The predicted octanol–water partition coefficient (Wildman–Crippen LogP) is 3.95. The van der Waals surface area contributed by atoms with E-state index in [1.54, 1.807) is 6.07 Å². The fourth-order valence-corrected chi connectivity index (χ4v) is 1.96. The van der Waals surface area contributed by atoms with Gasteiger partial charge in [0.15, 0.2) is 0 Å². The molecular weight excluding hydrogens is 191 g/mol. The molecule has 0 radical (unpaired) electrons. The molecule has 0 amide bonds. The lowest BCUT2D eigenvalue weighted by atomic mass is 10.1. The number of rotatable bonds is 2. The van der Waals surface area contributed by atoms with Crippen LogP contribution in [0, 0.1) is 5.92 Å². The normalized spacial score (nSPS) is 16.5. The minimum Gasteiger partial charge on any atom is -0.0843 e. The van der Waals surface area contributed by atoms with Crippen LogP contribution in [0.5, 0.6) is 0 Å². The van der Waals surface area contributed by atoms with Crippen LogP contribution in [0.4, 0.5) is 0 Å². The van der Waals surface area contributed by atoms with Crippen LogP contribution in [0.25, 0.3) is 0 Å². The molecule has 0 spiro atoms. The average Bonchev–Trinajstić information content (AvgIpc) is 2.68. The van der Waals surface area contributed by atoms with E-state index in [9.17, 15) is 0 Å². The van der Waals surface area contributed by atoms with Crippen LogP contribution in [-0.4, -0.2) is 0 Å². The molecule has 1 saturated carbocycles. The Bertz CT molecular complexity index is 270. The third-order valence-corrected chi connectivity index (χ3v) is 2.58. The van der Waals surface area contributed by atoms with Crippen molar-refractivity contribution in [2.45, 2.75) is 19.3 Å². The maximum absolute atomic E-state index is 5.87. The summed E-state index contributed by atoms with van der Waals surface area (Å²) in [6, 6.07) is 5.79. The number of hydrogen-bond acceptors (Lipinski definition) is 0. The molecule has 0 aromatic heterocycles. The summed E-state index contributed by atoms with van der Waals surface area (Å²) in [5.41, 5.74) is 1.27. The molecule has 0 unspecified atom stereocenters. The first-order valence-corrected chi connectivity index (χ1v) is 4.94. The lowest BCUT2D eigenvalue weighted by molar-refractivity contribution is 0.832. The second kappa shape index (κ2) is 3.27. The molecule has 0 saturated heterocycles. The fourth-order valence-electron chi connectivity index (χ4n) is 1.38. The zero-order chi connectivity index (χ0) is 8.55. The molecule has 0 N–H and O–H groups in total. The van der Waals surface area contributed by atoms with E-state index < -0.39 is 0 Å². The summed E-state index contributed by atoms with van der Waals surface area (Å²) < 4.78 is 0. The molecule has 1 fully saturated rings. The Labute approximate surface area is 82.5 Å². The quantitative estimate of drug-likeness (QED) is 0.679. The van der Waals surface area contributed by atoms with E-state index in [0.29, 0.717) is 0 Å². The first-order chi connectivity index (χ1) is 5.74. The molecule has 64 valence electrons. The Balaban J connectivity index is 2.18. The largest absolute Gasteiger partial charge is 0.0843 e. The highest BCUT2D eigenvalue weighted by Gasteiger charge is 2.21. The molecule has 1 aromatic rings. The molecule has 0 heterocycles. The van der Waals surface area contributed by atoms with Gasteiger partial charge in [0.2, 0.25) is 0 Å². The summed E-state index contributed by atoms with van der Waals surface area (Å²) in [7, 11) is 0. The van der Waals surface area contributed by atoms with Gasteiger partial charge in [-0.15, -0.1) is 0 Å². The predicted molar refractivity (Wildman–Crippen MR) is 52.9 cm³/mol. The number of halogens is 2. The summed E-state index contributed by atoms with van der Waals surface area (Å²) >= 11 is 11.7. The van der Waals surface area contributed by atoms with Crippen molar-refractivity contribution in [3.63, 3.8) is 0 Å². The monoisotopic (exact) mass is 200 g/mol. The molecule has 1 aromatic carbocycles. The second-order valence-corrected chi connectivity index (χ2v) is 4.30. The molecule has 0 nitrogen and oxygen atoms in total. The van der Waals surface area contributed by atoms with Gasteiger partial charge in [-0.3, -0.25) is 0 Å². The molecule has 1 aliphatic rings. The smallest absolute Gasteiger partial charge is 0.0423 e. The third-order valence-electron chi connectivity index (χ3n) is 2.14. The first kappa shape index (κ1) is 8.40. The van der Waals surface area contributed by atoms with Crippen molar-refractivity contribution in [2.75, 3.05) is 0 Å². The first-order valence-electron chi connectivity index (χ1n) is 4.19. The SMILES string of the molecule is Clc1cc(Cl)cc(CC2CC2)c1. The fraction of sp³-hybridized carbons (Fsp3) is 0.400. The van der Waals surface area contributed by atoms with Gasteiger partial charge >= 0.3 is 0 Å². The second-order valence-electron chi connectivity index (χ2n) is 3.43. The Morgan fingerprint density at radius 3 is 2.17 bits per heavy atom. The van der Waals surface area contributed by atoms with Gasteiger partial charge < -0.3 is 0 Å². The lowest BCUT2D eigenvalue weighted by Gasteiger charge is -2.00. The van der Waals surface area contributed by atoms with Gasteiger partial charge in [0.25, 0.3) is 0 Å². The molecule has 2 rings (SSSR count). The maximum Gasteiger partial charge on any atom is 0.0423 e. The highest BCUT2D eigenvalue weighted by atomic mass is 35.5. The average molecular weight is 201 g/mol. The van der Waals surface area contributed by atoms with Crippen molar-refractivity contribution in [3.8, 4) is 0 Å². The van der Waals surface area contributed by atoms with Crippen molar-refractivity contribution in [1.82, 2.24) is 0 Å². The Hall–Kier alpha value is -0.200. The summed E-state index contributed by atoms with van der Waals surface area (Å²) in [6.45, 7) is 0. The van der Waals surface area contributed by atoms with E-state index in [1.165, 1.54) is 18.4 Å². The molecule has 1 aliphatic carbocycles. The van der Waals surface area contributed by atoms with E-state index in [0.717, 1.165) is 22.4 Å². The van der Waals surface area contributed by atoms with E-state index in [4.69, 9.17) is 23.2 Å². The van der Waals surface area contributed by atoms with Crippen molar-refractivity contribution in [2.24, 2.45) is 5.92 Å². The zero-order valence-electron chi connectivity index (χ0n) is 6.69. The van der Waals surface area contributed by atoms with Gasteiger partial charge in [0.1, 0.15) is 0 Å². The van der Waals surface area contributed by atoms with Gasteiger partial charge in [-0.2, -0.15) is 0 Å². The summed E-state index contributed by atoms with van der Waals surface area (Å²) in [5, 5.41) is 1.50. The van der Waals surface area contributed by atoms with Crippen LogP contribution in [0.15, 0.2) is 18.2 Å². The molecular formula is C10H10Cl2. The van der Waals surface area contributed by atoms with Gasteiger partial charge in [0.05, 0.1) is 0 Å². The zero-order valence-corrected chi connectivity index (χ0v) is 8.20. The van der Waals surface area contributed by atoms with Crippen LogP contribution in [-0.2, 0) is 6.42 Å². The van der Waals surface area contributed by atoms with Crippen LogP contribution >= 0.6 is 23.2 Å². The summed E-state index contributed by atoms with van der Waals surface area (Å²) in [6.07, 6.45) is 3.87. The molecule has 0 aliphatic heterocycles. The van der Waals surface area contributed by atoms with Crippen LogP contribution < -0.4 is 0 Å². The molecule has 12 heavy (non-hydrogen) atoms. The number of hydrogen-bond donors (Lipinski definition) is 0. The van der Waals surface area contributed by atoms with Gasteiger partial charge in [-0.25, -0.2) is 0 Å². The molecule has 2 heteroatoms. The van der Waals surface area contributed by atoms with Crippen LogP contribution in [0.1, 0.15) is 18.4 Å². The van der Waals surface area contributed by atoms with E-state index >= 15 is 0 Å². The van der Waals surface area contributed by atoms with Crippen LogP contribution in [0.3, 0.4) is 0 Å². The summed E-state index contributed by atoms with van der Waals surface area (Å²) in [4.78, 5) is 0. The van der Waals surface area contributed by atoms with E-state index in [-0.39, 0.29) is 0 Å². The highest BCUT2D eigenvalue weighted by molar-refractivity contribution is 6.34. The number of benzene rings is 1. The molecule has 0 atom stereocenters. The standard InChI is InChI=1S/C10H10Cl2/c11-9-4-8(3-7-1-2-7)5-10(12)6-9/h4-7H,1-3H2. The van der Waals surface area contributed by atoms with Crippen LogP contribution in [0.2, 0.25) is 10.0 Å². The maximum atomic E-state index is 5.87. The summed E-state index contributed by atoms with van der Waals surface area (Å²) in [5.74, 6) is 0.888. The van der Waals surface area contributed by atoms with E-state index in [2.05, 4.69) is 0 Å². The van der Waals surface area contributed by atoms with Gasteiger partial charge in [-0.1, -0.05) is 23.2 Å². The van der Waals surface area contributed by atoms with Crippen molar-refractivity contribution in [1.29, 1.82) is 0 Å². The van der Waals surface area contributed by atoms with Gasteiger partial charge in [0, 0.05) is 10.0 Å².